The second kappa shape index (κ2) is 4.97. The summed E-state index contributed by atoms with van der Waals surface area (Å²) in [5.74, 6) is 0.947. The van der Waals surface area contributed by atoms with E-state index >= 15 is 0 Å². The molecule has 0 amide bonds. The number of ketones is 1. The van der Waals surface area contributed by atoms with E-state index in [1.807, 2.05) is 51.1 Å². The molecule has 2 nitrogen and oxygen atoms in total. The van der Waals surface area contributed by atoms with Gasteiger partial charge in [0, 0.05) is 5.41 Å². The molecule has 0 unspecified atom stereocenters. The van der Waals surface area contributed by atoms with Crippen LogP contribution in [0.5, 0.6) is 5.75 Å². The van der Waals surface area contributed by atoms with Crippen LogP contribution >= 0.6 is 0 Å². The zero-order chi connectivity index (χ0) is 12.2. The summed E-state index contributed by atoms with van der Waals surface area (Å²) in [6.07, 6.45) is 3.45. The van der Waals surface area contributed by atoms with Crippen LogP contribution in [0.15, 0.2) is 30.3 Å². The van der Waals surface area contributed by atoms with Crippen LogP contribution in [-0.4, -0.2) is 12.9 Å². The quantitative estimate of drug-likeness (QED) is 0.727. The van der Waals surface area contributed by atoms with Crippen molar-refractivity contribution in [2.24, 2.45) is 5.41 Å². The van der Waals surface area contributed by atoms with E-state index in [-0.39, 0.29) is 11.2 Å². The van der Waals surface area contributed by atoms with E-state index in [2.05, 4.69) is 0 Å². The van der Waals surface area contributed by atoms with Gasteiger partial charge in [0.1, 0.15) is 5.75 Å². The molecule has 0 bridgehead atoms. The molecule has 0 heterocycles. The number of hydrogen-bond donors (Lipinski definition) is 0. The molecule has 0 radical (unpaired) electrons. The summed E-state index contributed by atoms with van der Waals surface area (Å²) in [6.45, 7) is 5.73. The maximum atomic E-state index is 11.6. The van der Waals surface area contributed by atoms with E-state index < -0.39 is 0 Å². The molecule has 16 heavy (non-hydrogen) atoms. The van der Waals surface area contributed by atoms with E-state index in [1.54, 1.807) is 13.2 Å². The third-order valence-electron chi connectivity index (χ3n) is 2.28. The second-order valence-corrected chi connectivity index (χ2v) is 4.72. The molecule has 1 rings (SSSR count). The molecule has 0 atom stereocenters. The first-order chi connectivity index (χ1) is 7.43. The van der Waals surface area contributed by atoms with Gasteiger partial charge < -0.3 is 4.74 Å². The molecule has 0 aliphatic carbocycles. The van der Waals surface area contributed by atoms with E-state index in [9.17, 15) is 4.79 Å². The smallest absolute Gasteiger partial charge is 0.161 e. The number of methoxy groups -OCH3 is 1. The number of carbonyl (C=O) groups is 1. The van der Waals surface area contributed by atoms with Crippen LogP contribution in [0, 0.1) is 5.41 Å². The van der Waals surface area contributed by atoms with Crippen LogP contribution in [-0.2, 0) is 4.79 Å². The molecule has 1 aromatic rings. The summed E-state index contributed by atoms with van der Waals surface area (Å²) >= 11 is 0. The predicted octanol–water partition coefficient (Wildman–Crippen LogP) is 3.32. The molecule has 0 fully saturated rings. The molecule has 0 aromatic heterocycles. The number of carbonyl (C=O) groups excluding carboxylic acids is 1. The van der Waals surface area contributed by atoms with Crippen molar-refractivity contribution < 1.29 is 9.53 Å². The monoisotopic (exact) mass is 218 g/mol. The Morgan fingerprint density at radius 1 is 1.19 bits per heavy atom. The average Bonchev–Trinajstić information content (AvgIpc) is 2.25. The fraction of sp³-hybridized carbons (Fsp3) is 0.357. The minimum Gasteiger partial charge on any atom is -0.497 e. The minimum absolute atomic E-state index is 0.128. The van der Waals surface area contributed by atoms with Gasteiger partial charge in [0.25, 0.3) is 0 Å². The molecule has 0 N–H and O–H groups in total. The highest BCUT2D eigenvalue weighted by Crippen LogP contribution is 2.17. The van der Waals surface area contributed by atoms with Crippen molar-refractivity contribution in [3.63, 3.8) is 0 Å². The van der Waals surface area contributed by atoms with Gasteiger partial charge in [-0.3, -0.25) is 4.79 Å². The first-order valence-electron chi connectivity index (χ1n) is 5.30. The summed E-state index contributed by atoms with van der Waals surface area (Å²) < 4.78 is 5.06. The van der Waals surface area contributed by atoms with Crippen LogP contribution in [0.4, 0.5) is 0 Å². The first-order valence-corrected chi connectivity index (χ1v) is 5.30. The number of hydrogen-bond acceptors (Lipinski definition) is 2. The van der Waals surface area contributed by atoms with Crippen molar-refractivity contribution in [2.45, 2.75) is 20.8 Å². The molecular weight excluding hydrogens is 200 g/mol. The summed E-state index contributed by atoms with van der Waals surface area (Å²) in [6, 6.07) is 7.60. The topological polar surface area (TPSA) is 26.3 Å². The lowest BCUT2D eigenvalue weighted by atomic mass is 9.90. The maximum Gasteiger partial charge on any atom is 0.161 e. The number of benzene rings is 1. The Balaban J connectivity index is 2.73. The first kappa shape index (κ1) is 12.5. The molecular formula is C14H18O2. The Bertz CT molecular complexity index is 380. The van der Waals surface area contributed by atoms with Crippen molar-refractivity contribution in [2.75, 3.05) is 7.11 Å². The molecule has 0 saturated heterocycles. The third-order valence-corrected chi connectivity index (χ3v) is 2.28. The van der Waals surface area contributed by atoms with Gasteiger partial charge in [-0.05, 0) is 23.8 Å². The Kier molecular flexibility index (Phi) is 3.88. The highest BCUT2D eigenvalue weighted by atomic mass is 16.5. The van der Waals surface area contributed by atoms with E-state index in [1.165, 1.54) is 0 Å². The SMILES string of the molecule is COc1ccc(C=CC(=O)C(C)(C)C)cc1. The molecule has 0 spiro atoms. The zero-order valence-electron chi connectivity index (χ0n) is 10.3. The largest absolute Gasteiger partial charge is 0.497 e. The van der Waals surface area contributed by atoms with Crippen LogP contribution in [0.1, 0.15) is 26.3 Å². The average molecular weight is 218 g/mol. The van der Waals surface area contributed by atoms with Gasteiger partial charge in [0.2, 0.25) is 0 Å². The van der Waals surface area contributed by atoms with Gasteiger partial charge in [-0.15, -0.1) is 0 Å². The van der Waals surface area contributed by atoms with Crippen molar-refractivity contribution in [3.05, 3.63) is 35.9 Å². The van der Waals surface area contributed by atoms with E-state index in [0.29, 0.717) is 0 Å². The fourth-order valence-electron chi connectivity index (χ4n) is 1.14. The predicted molar refractivity (Wildman–Crippen MR) is 66.5 cm³/mol. The van der Waals surface area contributed by atoms with Crippen molar-refractivity contribution in [1.29, 1.82) is 0 Å². The normalized spacial score (nSPS) is 11.8. The molecule has 0 saturated carbocycles. The lowest BCUT2D eigenvalue weighted by Gasteiger charge is -2.12. The van der Waals surface area contributed by atoms with Crippen LogP contribution < -0.4 is 4.74 Å². The van der Waals surface area contributed by atoms with E-state index in [0.717, 1.165) is 11.3 Å². The lowest BCUT2D eigenvalue weighted by Crippen LogP contribution is -2.17. The van der Waals surface area contributed by atoms with Gasteiger partial charge in [-0.25, -0.2) is 0 Å². The summed E-state index contributed by atoms with van der Waals surface area (Å²) in [5.41, 5.74) is 0.682. The van der Waals surface area contributed by atoms with Crippen LogP contribution in [0.2, 0.25) is 0 Å². The van der Waals surface area contributed by atoms with Crippen molar-refractivity contribution >= 4 is 11.9 Å². The Labute approximate surface area is 96.9 Å². The Morgan fingerprint density at radius 2 is 1.75 bits per heavy atom. The van der Waals surface area contributed by atoms with Gasteiger partial charge in [-0.2, -0.15) is 0 Å². The Hall–Kier alpha value is -1.57. The van der Waals surface area contributed by atoms with Crippen molar-refractivity contribution in [3.8, 4) is 5.75 Å². The zero-order valence-corrected chi connectivity index (χ0v) is 10.3. The molecule has 0 aliphatic heterocycles. The fourth-order valence-corrected chi connectivity index (χ4v) is 1.14. The number of allylic oxidation sites excluding steroid dienone is 1. The van der Waals surface area contributed by atoms with Gasteiger partial charge >= 0.3 is 0 Å². The van der Waals surface area contributed by atoms with E-state index in [4.69, 9.17) is 4.74 Å². The van der Waals surface area contributed by atoms with Crippen LogP contribution in [0.25, 0.3) is 6.08 Å². The van der Waals surface area contributed by atoms with Gasteiger partial charge in [-0.1, -0.05) is 39.0 Å². The van der Waals surface area contributed by atoms with Crippen LogP contribution in [0.3, 0.4) is 0 Å². The molecule has 2 heteroatoms. The lowest BCUT2D eigenvalue weighted by molar-refractivity contribution is -0.121. The second-order valence-electron chi connectivity index (χ2n) is 4.72. The molecule has 0 aliphatic rings. The third kappa shape index (κ3) is 3.54. The highest BCUT2D eigenvalue weighted by molar-refractivity contribution is 5.97. The van der Waals surface area contributed by atoms with Gasteiger partial charge in [0.05, 0.1) is 7.11 Å². The number of rotatable bonds is 3. The van der Waals surface area contributed by atoms with Crippen molar-refractivity contribution in [1.82, 2.24) is 0 Å². The summed E-state index contributed by atoms with van der Waals surface area (Å²) in [7, 11) is 1.63. The minimum atomic E-state index is -0.316. The Morgan fingerprint density at radius 3 is 2.19 bits per heavy atom. The molecule has 1 aromatic carbocycles. The maximum absolute atomic E-state index is 11.6. The highest BCUT2D eigenvalue weighted by Gasteiger charge is 2.17. The molecule has 86 valence electrons. The summed E-state index contributed by atoms with van der Waals surface area (Å²) in [5, 5.41) is 0. The summed E-state index contributed by atoms with van der Waals surface area (Å²) in [4.78, 5) is 11.6. The standard InChI is InChI=1S/C14H18O2/c1-14(2,3)13(15)10-7-11-5-8-12(16-4)9-6-11/h5-10H,1-4H3. The number of ether oxygens (including phenoxy) is 1. The van der Waals surface area contributed by atoms with Gasteiger partial charge in [0.15, 0.2) is 5.78 Å².